The topological polar surface area (TPSA) is 102 Å². The van der Waals surface area contributed by atoms with Gasteiger partial charge in [0.1, 0.15) is 11.9 Å². The lowest BCUT2D eigenvalue weighted by Gasteiger charge is -2.18. The molecular formula is C13H16O7. The third-order valence-corrected chi connectivity index (χ3v) is 2.71. The van der Waals surface area contributed by atoms with Gasteiger partial charge in [0.25, 0.3) is 0 Å². The average molecular weight is 284 g/mol. The third-order valence-electron chi connectivity index (χ3n) is 2.71. The fourth-order valence-electron chi connectivity index (χ4n) is 1.62. The van der Waals surface area contributed by atoms with Crippen LogP contribution in [0.1, 0.15) is 22.0 Å². The summed E-state index contributed by atoms with van der Waals surface area (Å²) in [6.45, 7) is 0. The summed E-state index contributed by atoms with van der Waals surface area (Å²) in [6.07, 6.45) is -3.29. The highest BCUT2D eigenvalue weighted by molar-refractivity contribution is 5.90. The maximum atomic E-state index is 11.4. The molecule has 0 amide bonds. The summed E-state index contributed by atoms with van der Waals surface area (Å²) < 4.78 is 13.9. The van der Waals surface area contributed by atoms with Crippen LogP contribution in [0, 0.1) is 0 Å². The van der Waals surface area contributed by atoms with Crippen molar-refractivity contribution in [2.24, 2.45) is 0 Å². The van der Waals surface area contributed by atoms with Crippen LogP contribution in [0.2, 0.25) is 0 Å². The van der Waals surface area contributed by atoms with E-state index in [0.717, 1.165) is 7.11 Å². The average Bonchev–Trinajstić information content (AvgIpc) is 2.50. The number of esters is 2. The zero-order chi connectivity index (χ0) is 15.3. The van der Waals surface area contributed by atoms with Crippen molar-refractivity contribution < 1.29 is 34.0 Å². The smallest absolute Gasteiger partial charge is 0.337 e. The number of ether oxygens (including phenoxy) is 3. The van der Waals surface area contributed by atoms with E-state index >= 15 is 0 Å². The van der Waals surface area contributed by atoms with Crippen molar-refractivity contribution in [1.82, 2.24) is 0 Å². The summed E-state index contributed by atoms with van der Waals surface area (Å²) >= 11 is 0. The van der Waals surface area contributed by atoms with Gasteiger partial charge in [0.05, 0.1) is 26.9 Å². The Bertz CT molecular complexity index is 497. The van der Waals surface area contributed by atoms with Crippen LogP contribution in [0.5, 0.6) is 5.75 Å². The normalized spacial score (nSPS) is 13.2. The third kappa shape index (κ3) is 3.25. The van der Waals surface area contributed by atoms with E-state index in [-0.39, 0.29) is 16.9 Å². The SMILES string of the molecule is COC(=O)c1ccc(C(O)C(O)C(=O)OC)c(OC)c1. The second-order valence-corrected chi connectivity index (χ2v) is 3.86. The molecular weight excluding hydrogens is 268 g/mol. The molecule has 2 atom stereocenters. The van der Waals surface area contributed by atoms with Crippen molar-refractivity contribution in [3.8, 4) is 5.75 Å². The van der Waals surface area contributed by atoms with Crippen molar-refractivity contribution in [2.45, 2.75) is 12.2 Å². The maximum absolute atomic E-state index is 11.4. The first-order chi connectivity index (χ1) is 9.46. The number of hydrogen-bond donors (Lipinski definition) is 2. The van der Waals surface area contributed by atoms with Gasteiger partial charge in [-0.2, -0.15) is 0 Å². The molecule has 0 spiro atoms. The van der Waals surface area contributed by atoms with Gasteiger partial charge in [0.15, 0.2) is 6.10 Å². The van der Waals surface area contributed by atoms with Crippen LogP contribution in [-0.2, 0) is 14.3 Å². The Morgan fingerprint density at radius 1 is 1.10 bits per heavy atom. The van der Waals surface area contributed by atoms with Gasteiger partial charge in [-0.1, -0.05) is 6.07 Å². The zero-order valence-corrected chi connectivity index (χ0v) is 11.3. The van der Waals surface area contributed by atoms with Gasteiger partial charge in [0.2, 0.25) is 0 Å². The Morgan fingerprint density at radius 3 is 2.25 bits per heavy atom. The van der Waals surface area contributed by atoms with Crippen molar-refractivity contribution in [1.29, 1.82) is 0 Å². The molecule has 20 heavy (non-hydrogen) atoms. The van der Waals surface area contributed by atoms with Crippen LogP contribution in [0.25, 0.3) is 0 Å². The molecule has 2 unspecified atom stereocenters. The summed E-state index contributed by atoms with van der Waals surface area (Å²) in [5.41, 5.74) is 0.367. The highest BCUT2D eigenvalue weighted by Crippen LogP contribution is 2.29. The number of rotatable bonds is 5. The molecule has 7 nitrogen and oxygen atoms in total. The number of hydrogen-bond acceptors (Lipinski definition) is 7. The van der Waals surface area contributed by atoms with E-state index in [1.54, 1.807) is 0 Å². The van der Waals surface area contributed by atoms with Crippen molar-refractivity contribution in [2.75, 3.05) is 21.3 Å². The first-order valence-corrected chi connectivity index (χ1v) is 5.66. The Balaban J connectivity index is 3.12. The van der Waals surface area contributed by atoms with Gasteiger partial charge in [-0.25, -0.2) is 9.59 Å². The summed E-state index contributed by atoms with van der Waals surface area (Å²) in [5.74, 6) is -1.40. The standard InChI is InChI=1S/C13H16O7/c1-18-9-6-7(12(16)19-2)4-5-8(9)10(14)11(15)13(17)20-3/h4-6,10-11,14-15H,1-3H3. The second-order valence-electron chi connectivity index (χ2n) is 3.86. The Labute approximate surface area is 115 Å². The highest BCUT2D eigenvalue weighted by atomic mass is 16.5. The molecule has 0 fully saturated rings. The minimum atomic E-state index is -1.75. The van der Waals surface area contributed by atoms with Gasteiger partial charge in [-0.05, 0) is 12.1 Å². The quantitative estimate of drug-likeness (QED) is 0.736. The minimum Gasteiger partial charge on any atom is -0.496 e. The molecule has 7 heteroatoms. The molecule has 0 aromatic heterocycles. The predicted molar refractivity (Wildman–Crippen MR) is 67.3 cm³/mol. The van der Waals surface area contributed by atoms with Crippen LogP contribution in [0.4, 0.5) is 0 Å². The molecule has 1 rings (SSSR count). The van der Waals surface area contributed by atoms with Gasteiger partial charge in [0, 0.05) is 5.56 Å². The van der Waals surface area contributed by atoms with E-state index in [9.17, 15) is 19.8 Å². The number of carbonyl (C=O) groups excluding carboxylic acids is 2. The largest absolute Gasteiger partial charge is 0.496 e. The summed E-state index contributed by atoms with van der Waals surface area (Å²) in [5, 5.41) is 19.6. The molecule has 0 bridgehead atoms. The summed E-state index contributed by atoms with van der Waals surface area (Å²) in [7, 11) is 3.66. The van der Waals surface area contributed by atoms with E-state index in [4.69, 9.17) is 4.74 Å². The molecule has 1 aromatic rings. The van der Waals surface area contributed by atoms with Crippen LogP contribution in [0.15, 0.2) is 18.2 Å². The summed E-state index contributed by atoms with van der Waals surface area (Å²) in [4.78, 5) is 22.6. The van der Waals surface area contributed by atoms with E-state index < -0.39 is 24.1 Å². The van der Waals surface area contributed by atoms with E-state index in [0.29, 0.717) is 0 Å². The molecule has 0 radical (unpaired) electrons. The van der Waals surface area contributed by atoms with Crippen LogP contribution in [0.3, 0.4) is 0 Å². The second kappa shape index (κ2) is 6.88. The summed E-state index contributed by atoms with van der Waals surface area (Å²) in [6, 6.07) is 4.09. The molecule has 110 valence electrons. The number of aliphatic hydroxyl groups is 2. The molecule has 1 aromatic carbocycles. The Morgan fingerprint density at radius 2 is 1.75 bits per heavy atom. The molecule has 0 aliphatic carbocycles. The highest BCUT2D eigenvalue weighted by Gasteiger charge is 2.29. The molecule has 0 saturated heterocycles. The lowest BCUT2D eigenvalue weighted by Crippen LogP contribution is -2.29. The van der Waals surface area contributed by atoms with Crippen molar-refractivity contribution >= 4 is 11.9 Å². The van der Waals surface area contributed by atoms with Crippen molar-refractivity contribution in [3.05, 3.63) is 29.3 Å². The predicted octanol–water partition coefficient (Wildman–Crippen LogP) is 0.0491. The number of benzene rings is 1. The lowest BCUT2D eigenvalue weighted by atomic mass is 10.0. The van der Waals surface area contributed by atoms with Crippen molar-refractivity contribution in [3.63, 3.8) is 0 Å². The number of carbonyl (C=O) groups is 2. The number of methoxy groups -OCH3 is 3. The lowest BCUT2D eigenvalue weighted by molar-refractivity contribution is -0.156. The fraction of sp³-hybridized carbons (Fsp3) is 0.385. The van der Waals surface area contributed by atoms with Gasteiger partial charge in [-0.15, -0.1) is 0 Å². The molecule has 0 aliphatic rings. The van der Waals surface area contributed by atoms with Gasteiger partial charge >= 0.3 is 11.9 Å². The molecule has 0 heterocycles. The Kier molecular flexibility index (Phi) is 5.48. The van der Waals surface area contributed by atoms with Crippen LogP contribution in [-0.4, -0.2) is 49.6 Å². The van der Waals surface area contributed by atoms with Crippen LogP contribution >= 0.6 is 0 Å². The monoisotopic (exact) mass is 284 g/mol. The number of aliphatic hydroxyl groups excluding tert-OH is 2. The Hall–Kier alpha value is -2.12. The fourth-order valence-corrected chi connectivity index (χ4v) is 1.62. The van der Waals surface area contributed by atoms with Gasteiger partial charge in [-0.3, -0.25) is 0 Å². The molecule has 0 aliphatic heterocycles. The van der Waals surface area contributed by atoms with E-state index in [2.05, 4.69) is 9.47 Å². The van der Waals surface area contributed by atoms with Crippen LogP contribution < -0.4 is 4.74 Å². The van der Waals surface area contributed by atoms with Gasteiger partial charge < -0.3 is 24.4 Å². The minimum absolute atomic E-state index is 0.142. The zero-order valence-electron chi connectivity index (χ0n) is 11.3. The molecule has 2 N–H and O–H groups in total. The first kappa shape index (κ1) is 15.9. The van der Waals surface area contributed by atoms with E-state index in [1.165, 1.54) is 32.4 Å². The maximum Gasteiger partial charge on any atom is 0.337 e. The molecule has 0 saturated carbocycles. The van der Waals surface area contributed by atoms with E-state index in [1.807, 2.05) is 0 Å². The first-order valence-electron chi connectivity index (χ1n) is 5.66.